The number of nitrogens with one attached hydrogen (secondary N) is 1. The van der Waals surface area contributed by atoms with Gasteiger partial charge in [-0.05, 0) is 17.7 Å². The molecule has 0 saturated carbocycles. The minimum atomic E-state index is -0.333. The molecule has 1 aliphatic heterocycles. The fourth-order valence-electron chi connectivity index (χ4n) is 1.40. The van der Waals surface area contributed by atoms with Crippen molar-refractivity contribution >= 4 is 29.5 Å². The third kappa shape index (κ3) is 2.07. The van der Waals surface area contributed by atoms with Crippen molar-refractivity contribution in [2.24, 2.45) is 0 Å². The van der Waals surface area contributed by atoms with Crippen LogP contribution in [0.2, 0.25) is 5.02 Å². The molecule has 2 amide bonds. The second kappa shape index (κ2) is 3.87. The van der Waals surface area contributed by atoms with Gasteiger partial charge in [0.25, 0.3) is 5.91 Å². The van der Waals surface area contributed by atoms with Crippen LogP contribution in [0.1, 0.15) is 12.0 Å². The van der Waals surface area contributed by atoms with E-state index in [0.717, 1.165) is 5.56 Å². The summed E-state index contributed by atoms with van der Waals surface area (Å²) in [5.74, 6) is -0.599. The van der Waals surface area contributed by atoms with E-state index in [4.69, 9.17) is 11.6 Å². The smallest absolute Gasteiger partial charge is 0.254 e. The van der Waals surface area contributed by atoms with Crippen LogP contribution < -0.4 is 5.32 Å². The van der Waals surface area contributed by atoms with E-state index in [-0.39, 0.29) is 18.2 Å². The van der Waals surface area contributed by atoms with E-state index < -0.39 is 0 Å². The lowest BCUT2D eigenvalue weighted by Crippen LogP contribution is -2.19. The molecule has 3 nitrogen and oxygen atoms in total. The molecule has 4 heteroatoms. The standard InChI is InChI=1S/C11H8ClNO2/c12-9-4-2-1-3-7(9)5-8-6-10(14)13-11(8)15/h1-5H,6H2,(H,13,14,15). The highest BCUT2D eigenvalue weighted by atomic mass is 35.5. The van der Waals surface area contributed by atoms with Crippen LogP contribution in [0.25, 0.3) is 6.08 Å². The zero-order chi connectivity index (χ0) is 10.8. The van der Waals surface area contributed by atoms with Crippen molar-refractivity contribution in [2.45, 2.75) is 6.42 Å². The summed E-state index contributed by atoms with van der Waals surface area (Å²) in [5.41, 5.74) is 1.20. The van der Waals surface area contributed by atoms with Gasteiger partial charge in [0.05, 0.1) is 6.42 Å². The highest BCUT2D eigenvalue weighted by Crippen LogP contribution is 2.20. The lowest BCUT2D eigenvalue weighted by atomic mass is 10.1. The fraction of sp³-hybridized carbons (Fsp3) is 0.0909. The van der Waals surface area contributed by atoms with Gasteiger partial charge in [-0.15, -0.1) is 0 Å². The molecule has 0 bridgehead atoms. The quantitative estimate of drug-likeness (QED) is 0.580. The molecule has 0 radical (unpaired) electrons. The van der Waals surface area contributed by atoms with Crippen LogP contribution in [0.3, 0.4) is 0 Å². The largest absolute Gasteiger partial charge is 0.292 e. The van der Waals surface area contributed by atoms with Gasteiger partial charge in [-0.1, -0.05) is 29.8 Å². The summed E-state index contributed by atoms with van der Waals surface area (Å²) in [6, 6.07) is 7.17. The predicted molar refractivity (Wildman–Crippen MR) is 57.2 cm³/mol. The van der Waals surface area contributed by atoms with Crippen LogP contribution in [0.15, 0.2) is 29.8 Å². The maximum atomic E-state index is 11.3. The van der Waals surface area contributed by atoms with Crippen molar-refractivity contribution in [3.8, 4) is 0 Å². The zero-order valence-electron chi connectivity index (χ0n) is 7.79. The summed E-state index contributed by atoms with van der Waals surface area (Å²) < 4.78 is 0. The number of rotatable bonds is 1. The second-order valence-electron chi connectivity index (χ2n) is 3.25. The normalized spacial score (nSPS) is 18.3. The fourth-order valence-corrected chi connectivity index (χ4v) is 1.59. The van der Waals surface area contributed by atoms with E-state index in [1.807, 2.05) is 12.1 Å². The molecule has 1 saturated heterocycles. The van der Waals surface area contributed by atoms with Crippen LogP contribution in [-0.2, 0) is 9.59 Å². The van der Waals surface area contributed by atoms with Gasteiger partial charge in [0.2, 0.25) is 5.91 Å². The molecule has 15 heavy (non-hydrogen) atoms. The summed E-state index contributed by atoms with van der Waals surface area (Å²) in [5, 5.41) is 2.78. The first-order valence-electron chi connectivity index (χ1n) is 4.46. The zero-order valence-corrected chi connectivity index (χ0v) is 8.54. The molecule has 1 aliphatic rings. The molecule has 1 heterocycles. The first kappa shape index (κ1) is 9.93. The average Bonchev–Trinajstić information content (AvgIpc) is 2.49. The summed E-state index contributed by atoms with van der Waals surface area (Å²) >= 11 is 5.93. The minimum absolute atomic E-state index is 0.129. The molecule has 0 unspecified atom stereocenters. The molecule has 76 valence electrons. The van der Waals surface area contributed by atoms with Crippen molar-refractivity contribution < 1.29 is 9.59 Å². The van der Waals surface area contributed by atoms with Crippen LogP contribution >= 0.6 is 11.6 Å². The van der Waals surface area contributed by atoms with Gasteiger partial charge in [0, 0.05) is 10.6 Å². The Morgan fingerprint density at radius 3 is 2.60 bits per heavy atom. The number of carbonyl (C=O) groups excluding carboxylic acids is 2. The van der Waals surface area contributed by atoms with Crippen molar-refractivity contribution in [2.75, 3.05) is 0 Å². The molecule has 0 spiro atoms. The summed E-state index contributed by atoms with van der Waals surface area (Å²) in [4.78, 5) is 22.2. The maximum Gasteiger partial charge on any atom is 0.254 e. The van der Waals surface area contributed by atoms with E-state index in [1.54, 1.807) is 18.2 Å². The predicted octanol–water partition coefficient (Wildman–Crippen LogP) is 1.77. The van der Waals surface area contributed by atoms with E-state index in [9.17, 15) is 9.59 Å². The van der Waals surface area contributed by atoms with Crippen LogP contribution in [0.4, 0.5) is 0 Å². The number of halogens is 1. The molecule has 2 rings (SSSR count). The van der Waals surface area contributed by atoms with Gasteiger partial charge in [-0.25, -0.2) is 0 Å². The van der Waals surface area contributed by atoms with Crippen molar-refractivity contribution in [3.05, 3.63) is 40.4 Å². The minimum Gasteiger partial charge on any atom is -0.292 e. The molecule has 0 aliphatic carbocycles. The molecule has 1 aromatic rings. The summed E-state index contributed by atoms with van der Waals surface area (Å²) in [6.07, 6.45) is 1.77. The molecule has 1 fully saturated rings. The Balaban J connectivity index is 2.35. The van der Waals surface area contributed by atoms with Crippen LogP contribution in [0.5, 0.6) is 0 Å². The van der Waals surface area contributed by atoms with Crippen LogP contribution in [0, 0.1) is 0 Å². The van der Waals surface area contributed by atoms with Gasteiger partial charge < -0.3 is 0 Å². The lowest BCUT2D eigenvalue weighted by Gasteiger charge is -1.97. The number of imide groups is 1. The Hall–Kier alpha value is -1.61. The Bertz CT molecular complexity index is 465. The van der Waals surface area contributed by atoms with E-state index >= 15 is 0 Å². The topological polar surface area (TPSA) is 46.2 Å². The molecular formula is C11H8ClNO2. The highest BCUT2D eigenvalue weighted by Gasteiger charge is 2.23. The Morgan fingerprint density at radius 1 is 1.27 bits per heavy atom. The second-order valence-corrected chi connectivity index (χ2v) is 3.65. The van der Waals surface area contributed by atoms with Crippen molar-refractivity contribution in [1.29, 1.82) is 0 Å². The Labute approximate surface area is 91.7 Å². The maximum absolute atomic E-state index is 11.3. The molecule has 1 aromatic carbocycles. The molecular weight excluding hydrogens is 214 g/mol. The van der Waals surface area contributed by atoms with E-state index in [1.165, 1.54) is 0 Å². The first-order valence-corrected chi connectivity index (χ1v) is 4.84. The van der Waals surface area contributed by atoms with E-state index in [0.29, 0.717) is 10.6 Å². The molecule has 0 aromatic heterocycles. The third-order valence-electron chi connectivity index (χ3n) is 2.13. The Kier molecular flexibility index (Phi) is 2.56. The lowest BCUT2D eigenvalue weighted by molar-refractivity contribution is -0.124. The number of benzene rings is 1. The van der Waals surface area contributed by atoms with Gasteiger partial charge in [0.1, 0.15) is 0 Å². The van der Waals surface area contributed by atoms with Crippen LogP contribution in [-0.4, -0.2) is 11.8 Å². The van der Waals surface area contributed by atoms with Gasteiger partial charge in [-0.2, -0.15) is 0 Å². The summed E-state index contributed by atoms with van der Waals surface area (Å²) in [7, 11) is 0. The molecule has 1 N–H and O–H groups in total. The molecule has 0 atom stereocenters. The Morgan fingerprint density at radius 2 is 2.00 bits per heavy atom. The SMILES string of the molecule is O=C1CC(=Cc2ccccc2Cl)C(=O)N1. The highest BCUT2D eigenvalue weighted by molar-refractivity contribution is 6.32. The van der Waals surface area contributed by atoms with Crippen molar-refractivity contribution in [3.63, 3.8) is 0 Å². The number of hydrogen-bond acceptors (Lipinski definition) is 2. The van der Waals surface area contributed by atoms with Crippen molar-refractivity contribution in [1.82, 2.24) is 5.32 Å². The van der Waals surface area contributed by atoms with E-state index in [2.05, 4.69) is 5.32 Å². The van der Waals surface area contributed by atoms with Gasteiger partial charge in [-0.3, -0.25) is 14.9 Å². The first-order chi connectivity index (χ1) is 7.16. The van der Waals surface area contributed by atoms with Gasteiger partial charge >= 0.3 is 0 Å². The number of amides is 2. The monoisotopic (exact) mass is 221 g/mol. The number of carbonyl (C=O) groups is 2. The number of hydrogen-bond donors (Lipinski definition) is 1. The van der Waals surface area contributed by atoms with Gasteiger partial charge in [0.15, 0.2) is 0 Å². The average molecular weight is 222 g/mol. The third-order valence-corrected chi connectivity index (χ3v) is 2.47. The summed E-state index contributed by atoms with van der Waals surface area (Å²) in [6.45, 7) is 0.